The van der Waals surface area contributed by atoms with Gasteiger partial charge in [0.1, 0.15) is 0 Å². The van der Waals surface area contributed by atoms with E-state index in [1.807, 2.05) is 30.3 Å². The van der Waals surface area contributed by atoms with Crippen molar-refractivity contribution in [1.82, 2.24) is 0 Å². The third-order valence-electron chi connectivity index (χ3n) is 3.00. The van der Waals surface area contributed by atoms with Crippen molar-refractivity contribution in [3.05, 3.63) is 35.9 Å². The van der Waals surface area contributed by atoms with E-state index in [1.54, 1.807) is 0 Å². The highest BCUT2D eigenvalue weighted by molar-refractivity contribution is 5.66. The smallest absolute Gasteiger partial charge is 0.303 e. The van der Waals surface area contributed by atoms with Crippen LogP contribution < -0.4 is 0 Å². The number of aliphatic hydroxyl groups is 2. The van der Waals surface area contributed by atoms with Crippen molar-refractivity contribution in [2.75, 3.05) is 6.61 Å². The molecule has 5 nitrogen and oxygen atoms in total. The van der Waals surface area contributed by atoms with E-state index in [4.69, 9.17) is 9.84 Å². The number of carboxylic acids is 1. The first kappa shape index (κ1) is 16.6. The maximum absolute atomic E-state index is 10.3. The van der Waals surface area contributed by atoms with E-state index in [2.05, 4.69) is 0 Å². The highest BCUT2D eigenvalue weighted by atomic mass is 16.5. The maximum atomic E-state index is 10.3. The molecule has 0 heterocycles. The molecule has 5 heteroatoms. The number of hydrogen-bond donors (Lipinski definition) is 3. The van der Waals surface area contributed by atoms with Crippen molar-refractivity contribution < 1.29 is 24.9 Å². The van der Waals surface area contributed by atoms with E-state index >= 15 is 0 Å². The Morgan fingerprint density at radius 1 is 1.10 bits per heavy atom. The van der Waals surface area contributed by atoms with Crippen LogP contribution in [0.15, 0.2) is 30.3 Å². The first-order valence-electron chi connectivity index (χ1n) is 6.79. The largest absolute Gasteiger partial charge is 0.481 e. The van der Waals surface area contributed by atoms with Gasteiger partial charge in [-0.3, -0.25) is 4.79 Å². The van der Waals surface area contributed by atoms with Gasteiger partial charge in [-0.15, -0.1) is 0 Å². The van der Waals surface area contributed by atoms with Crippen LogP contribution in [-0.2, 0) is 16.1 Å². The van der Waals surface area contributed by atoms with Crippen molar-refractivity contribution in [2.24, 2.45) is 0 Å². The summed E-state index contributed by atoms with van der Waals surface area (Å²) in [5, 5.41) is 27.7. The van der Waals surface area contributed by atoms with E-state index in [1.165, 1.54) is 0 Å². The van der Waals surface area contributed by atoms with Gasteiger partial charge in [0.2, 0.25) is 0 Å². The maximum Gasteiger partial charge on any atom is 0.303 e. The average molecular weight is 282 g/mol. The molecule has 0 radical (unpaired) electrons. The molecule has 0 fully saturated rings. The summed E-state index contributed by atoms with van der Waals surface area (Å²) in [6, 6.07) is 9.79. The molecule has 1 aromatic rings. The molecule has 112 valence electrons. The zero-order chi connectivity index (χ0) is 14.8. The van der Waals surface area contributed by atoms with E-state index in [-0.39, 0.29) is 12.8 Å². The van der Waals surface area contributed by atoms with E-state index in [9.17, 15) is 15.0 Å². The van der Waals surface area contributed by atoms with Crippen LogP contribution in [0.25, 0.3) is 0 Å². The minimum atomic E-state index is -0.986. The Bertz CT molecular complexity index is 379. The van der Waals surface area contributed by atoms with E-state index in [0.717, 1.165) is 5.56 Å². The van der Waals surface area contributed by atoms with E-state index < -0.39 is 18.2 Å². The van der Waals surface area contributed by atoms with Crippen molar-refractivity contribution in [3.8, 4) is 0 Å². The Balaban J connectivity index is 2.06. The molecule has 1 rings (SSSR count). The molecule has 1 aromatic carbocycles. The van der Waals surface area contributed by atoms with Crippen LogP contribution in [0.3, 0.4) is 0 Å². The molecule has 0 saturated carbocycles. The minimum Gasteiger partial charge on any atom is -0.481 e. The fourth-order valence-electron chi connectivity index (χ4n) is 1.81. The number of aliphatic carboxylic acids is 1. The van der Waals surface area contributed by atoms with Crippen LogP contribution in [0, 0.1) is 0 Å². The third kappa shape index (κ3) is 7.23. The molecule has 0 aromatic heterocycles. The summed E-state index contributed by atoms with van der Waals surface area (Å²) in [5.74, 6) is -0.970. The molecular formula is C15H22O5. The molecule has 0 saturated heterocycles. The van der Waals surface area contributed by atoms with Gasteiger partial charge in [0.25, 0.3) is 0 Å². The standard InChI is InChI=1S/C15H22O5/c16-13(14(17)8-9-15(18)19)7-4-10-20-11-12-5-2-1-3-6-12/h1-3,5-6,13-14,16-17H,4,7-11H2,(H,18,19)/t13-,14-/m0/s1. The molecule has 2 atom stereocenters. The number of benzene rings is 1. The predicted molar refractivity (Wildman–Crippen MR) is 74.2 cm³/mol. The monoisotopic (exact) mass is 282 g/mol. The summed E-state index contributed by atoms with van der Waals surface area (Å²) in [6.07, 6.45) is -0.924. The minimum absolute atomic E-state index is 0.0708. The highest BCUT2D eigenvalue weighted by Crippen LogP contribution is 2.09. The van der Waals surface area contributed by atoms with Crippen molar-refractivity contribution in [2.45, 2.75) is 44.5 Å². The second kappa shape index (κ2) is 9.47. The Labute approximate surface area is 118 Å². The molecule has 0 aliphatic carbocycles. The molecule has 0 amide bonds. The molecule has 0 aliphatic rings. The summed E-state index contributed by atoms with van der Waals surface area (Å²) >= 11 is 0. The van der Waals surface area contributed by atoms with Gasteiger partial charge in [-0.2, -0.15) is 0 Å². The fraction of sp³-hybridized carbons (Fsp3) is 0.533. The zero-order valence-electron chi connectivity index (χ0n) is 11.4. The van der Waals surface area contributed by atoms with Crippen LogP contribution in [-0.4, -0.2) is 40.1 Å². The van der Waals surface area contributed by atoms with Crippen LogP contribution >= 0.6 is 0 Å². The van der Waals surface area contributed by atoms with Crippen LogP contribution in [0.5, 0.6) is 0 Å². The topological polar surface area (TPSA) is 87.0 Å². The Morgan fingerprint density at radius 2 is 1.75 bits per heavy atom. The Morgan fingerprint density at radius 3 is 2.40 bits per heavy atom. The molecule has 0 spiro atoms. The van der Waals surface area contributed by atoms with Crippen LogP contribution in [0.4, 0.5) is 0 Å². The summed E-state index contributed by atoms with van der Waals surface area (Å²) in [4.78, 5) is 10.3. The molecule has 0 unspecified atom stereocenters. The number of hydrogen-bond acceptors (Lipinski definition) is 4. The fourth-order valence-corrected chi connectivity index (χ4v) is 1.81. The second-order valence-electron chi connectivity index (χ2n) is 4.75. The number of aliphatic hydroxyl groups excluding tert-OH is 2. The lowest BCUT2D eigenvalue weighted by molar-refractivity contribution is -0.138. The lowest BCUT2D eigenvalue weighted by atomic mass is 10.0. The van der Waals surface area contributed by atoms with Gasteiger partial charge < -0.3 is 20.1 Å². The van der Waals surface area contributed by atoms with Gasteiger partial charge >= 0.3 is 5.97 Å². The Kier molecular flexibility index (Phi) is 7.87. The van der Waals surface area contributed by atoms with Crippen molar-refractivity contribution >= 4 is 5.97 Å². The highest BCUT2D eigenvalue weighted by Gasteiger charge is 2.16. The molecule has 0 bridgehead atoms. The van der Waals surface area contributed by atoms with Gasteiger partial charge in [0, 0.05) is 13.0 Å². The summed E-state index contributed by atoms with van der Waals surface area (Å²) in [6.45, 7) is 1.02. The molecule has 3 N–H and O–H groups in total. The third-order valence-corrected chi connectivity index (χ3v) is 3.00. The predicted octanol–water partition coefficient (Wildman–Crippen LogP) is 1.57. The van der Waals surface area contributed by atoms with Gasteiger partial charge in [-0.25, -0.2) is 0 Å². The first-order chi connectivity index (χ1) is 9.59. The van der Waals surface area contributed by atoms with Gasteiger partial charge in [-0.1, -0.05) is 30.3 Å². The molecule has 0 aliphatic heterocycles. The van der Waals surface area contributed by atoms with Crippen molar-refractivity contribution in [3.63, 3.8) is 0 Å². The average Bonchev–Trinajstić information content (AvgIpc) is 2.45. The Hall–Kier alpha value is -1.43. The van der Waals surface area contributed by atoms with Gasteiger partial charge in [0.15, 0.2) is 0 Å². The van der Waals surface area contributed by atoms with E-state index in [0.29, 0.717) is 26.1 Å². The lowest BCUT2D eigenvalue weighted by Crippen LogP contribution is -2.26. The normalized spacial score (nSPS) is 13.9. The van der Waals surface area contributed by atoms with Crippen LogP contribution in [0.2, 0.25) is 0 Å². The molecular weight excluding hydrogens is 260 g/mol. The quantitative estimate of drug-likeness (QED) is 0.567. The van der Waals surface area contributed by atoms with Gasteiger partial charge in [-0.05, 0) is 24.8 Å². The zero-order valence-corrected chi connectivity index (χ0v) is 11.4. The number of ether oxygens (including phenoxy) is 1. The summed E-state index contributed by atoms with van der Waals surface area (Å²) in [7, 11) is 0. The molecule has 20 heavy (non-hydrogen) atoms. The number of rotatable bonds is 10. The first-order valence-corrected chi connectivity index (χ1v) is 6.79. The summed E-state index contributed by atoms with van der Waals surface area (Å²) < 4.78 is 5.46. The second-order valence-corrected chi connectivity index (χ2v) is 4.75. The number of carboxylic acid groups (broad SMARTS) is 1. The van der Waals surface area contributed by atoms with Crippen molar-refractivity contribution in [1.29, 1.82) is 0 Å². The van der Waals surface area contributed by atoms with Gasteiger partial charge in [0.05, 0.1) is 18.8 Å². The van der Waals surface area contributed by atoms with Crippen LogP contribution in [0.1, 0.15) is 31.2 Å². The SMILES string of the molecule is O=C(O)CC[C@H](O)[C@@H](O)CCCOCc1ccccc1. The summed E-state index contributed by atoms with van der Waals surface area (Å²) in [5.41, 5.74) is 1.09. The lowest BCUT2D eigenvalue weighted by Gasteiger charge is -2.16. The number of carbonyl (C=O) groups is 1.